The van der Waals surface area contributed by atoms with E-state index in [1.807, 2.05) is 0 Å². The number of benzene rings is 1. The Morgan fingerprint density at radius 3 is 2.30 bits per heavy atom. The van der Waals surface area contributed by atoms with Crippen molar-refractivity contribution in [2.75, 3.05) is 38.1 Å². The van der Waals surface area contributed by atoms with E-state index in [4.69, 9.17) is 15.3 Å². The van der Waals surface area contributed by atoms with Crippen LogP contribution in [0.2, 0.25) is 0 Å². The van der Waals surface area contributed by atoms with Crippen molar-refractivity contribution >= 4 is 17.6 Å². The minimum Gasteiger partial charge on any atom is -0.547 e. The smallest absolute Gasteiger partial charge is 0.335 e. The zero-order valence-electron chi connectivity index (χ0n) is 25.4. The summed E-state index contributed by atoms with van der Waals surface area (Å²) in [6.45, 7) is 9.58. The zero-order valence-corrected chi connectivity index (χ0v) is 25.4. The molecule has 12 nitrogen and oxygen atoms in total. The van der Waals surface area contributed by atoms with E-state index in [1.165, 1.54) is 11.3 Å². The molecular weight excluding hydrogens is 558 g/mol. The van der Waals surface area contributed by atoms with Crippen molar-refractivity contribution in [2.24, 2.45) is 17.8 Å². The molecule has 1 saturated carbocycles. The monoisotopic (exact) mass is 605 g/mol. The number of aliphatic hydroxyl groups excluding tert-OH is 5. The highest BCUT2D eigenvalue weighted by atomic mass is 16.4. The SMILES string of the molecule is CC[C@H]1[C@@H]2C[C@H]3[C@@H]4N(C)c5ccccc5[C@]45C[C@@H]([C@H]2C5O)[N+]3(CC(O)CN(CC)CC)[C@@H]1O.O=C([O-])[C@H](O)[C@@H](O)C(=O)O. The van der Waals surface area contributed by atoms with Crippen LogP contribution in [0.1, 0.15) is 45.6 Å². The van der Waals surface area contributed by atoms with E-state index in [0.717, 1.165) is 32.4 Å². The molecule has 13 atom stereocenters. The van der Waals surface area contributed by atoms with Gasteiger partial charge in [0.25, 0.3) is 0 Å². The van der Waals surface area contributed by atoms with Crippen LogP contribution in [-0.4, -0.2) is 134 Å². The number of fused-ring (bicyclic) bond motifs is 2. The van der Waals surface area contributed by atoms with Crippen LogP contribution in [0.15, 0.2) is 24.3 Å². The second-order valence-electron chi connectivity index (χ2n) is 13.2. The van der Waals surface area contributed by atoms with E-state index in [0.29, 0.717) is 23.5 Å². The van der Waals surface area contributed by atoms with Crippen LogP contribution in [0.3, 0.4) is 0 Å². The fourth-order valence-electron chi connectivity index (χ4n) is 10.2. The van der Waals surface area contributed by atoms with Crippen LogP contribution >= 0.6 is 0 Å². The number of likely N-dealkylation sites (N-methyl/N-ethyl adjacent to an activating group) is 2. The largest absolute Gasteiger partial charge is 0.547 e. The van der Waals surface area contributed by atoms with Crippen molar-refractivity contribution in [1.82, 2.24) is 4.90 Å². The van der Waals surface area contributed by atoms with Crippen LogP contribution in [0.5, 0.6) is 0 Å². The highest BCUT2D eigenvalue weighted by Crippen LogP contribution is 2.71. The minimum absolute atomic E-state index is 0.171. The Labute approximate surface area is 252 Å². The molecule has 240 valence electrons. The number of aliphatic carboxylic acids is 2. The van der Waals surface area contributed by atoms with Gasteiger partial charge < -0.3 is 50.3 Å². The lowest BCUT2D eigenvalue weighted by Gasteiger charge is -2.68. The van der Waals surface area contributed by atoms with Gasteiger partial charge in [0.2, 0.25) is 0 Å². The molecule has 0 radical (unpaired) electrons. The molecule has 0 amide bonds. The Bertz CT molecular complexity index is 1200. The molecule has 0 aromatic heterocycles. The summed E-state index contributed by atoms with van der Waals surface area (Å²) in [7, 11) is 2.19. The molecule has 43 heavy (non-hydrogen) atoms. The van der Waals surface area contributed by atoms with Gasteiger partial charge in [-0.1, -0.05) is 39.0 Å². The van der Waals surface area contributed by atoms with Gasteiger partial charge in [0.1, 0.15) is 24.8 Å². The third kappa shape index (κ3) is 4.44. The third-order valence-electron chi connectivity index (χ3n) is 11.8. The fraction of sp³-hybridized carbons (Fsp3) is 0.742. The van der Waals surface area contributed by atoms with E-state index < -0.39 is 36.5 Å². The number of carbonyl (C=O) groups is 2. The predicted octanol–water partition coefficient (Wildman–Crippen LogP) is -1.69. The molecule has 1 aromatic carbocycles. The molecule has 6 N–H and O–H groups in total. The Balaban J connectivity index is 0.000000319. The van der Waals surface area contributed by atoms with Gasteiger partial charge in [-0.05, 0) is 37.1 Å². The van der Waals surface area contributed by atoms with E-state index in [9.17, 15) is 30.0 Å². The molecule has 6 aliphatic rings. The number of hydrogen-bond donors (Lipinski definition) is 6. The third-order valence-corrected chi connectivity index (χ3v) is 11.8. The maximum Gasteiger partial charge on any atom is 0.335 e. The van der Waals surface area contributed by atoms with Crippen molar-refractivity contribution in [2.45, 2.75) is 94.2 Å². The maximum atomic E-state index is 12.1. The molecule has 7 rings (SSSR count). The summed E-state index contributed by atoms with van der Waals surface area (Å²) in [5.41, 5.74) is 2.32. The first-order valence-corrected chi connectivity index (χ1v) is 15.6. The highest BCUT2D eigenvalue weighted by molar-refractivity contribution is 5.82. The first-order chi connectivity index (χ1) is 20.3. The molecule has 12 heteroatoms. The van der Waals surface area contributed by atoms with Crippen molar-refractivity contribution in [3.8, 4) is 0 Å². The van der Waals surface area contributed by atoms with Gasteiger partial charge in [0.15, 0.2) is 12.3 Å². The molecule has 3 unspecified atom stereocenters. The first-order valence-electron chi connectivity index (χ1n) is 15.6. The van der Waals surface area contributed by atoms with E-state index in [-0.39, 0.29) is 41.5 Å². The summed E-state index contributed by atoms with van der Waals surface area (Å²) in [5.74, 6) is -3.04. The summed E-state index contributed by atoms with van der Waals surface area (Å²) in [6, 6.07) is 9.31. The van der Waals surface area contributed by atoms with Gasteiger partial charge in [0, 0.05) is 44.0 Å². The quantitative estimate of drug-likeness (QED) is 0.167. The Morgan fingerprint density at radius 2 is 1.74 bits per heavy atom. The second kappa shape index (κ2) is 11.6. The van der Waals surface area contributed by atoms with Gasteiger partial charge in [0.05, 0.1) is 29.6 Å². The number of piperidine rings is 4. The van der Waals surface area contributed by atoms with Crippen LogP contribution < -0.4 is 10.0 Å². The number of quaternary nitrogens is 1. The number of aliphatic hydroxyl groups is 5. The molecule has 5 aliphatic heterocycles. The molecule has 4 saturated heterocycles. The fourth-order valence-corrected chi connectivity index (χ4v) is 10.2. The van der Waals surface area contributed by atoms with E-state index in [1.54, 1.807) is 0 Å². The number of hydrogen-bond acceptors (Lipinski definition) is 10. The average Bonchev–Trinajstić information content (AvgIpc) is 3.37. The van der Waals surface area contributed by atoms with Crippen LogP contribution in [0.25, 0.3) is 0 Å². The Kier molecular flexibility index (Phi) is 8.62. The molecule has 5 bridgehead atoms. The molecular formula is C31H47N3O9. The molecule has 1 spiro atoms. The number of rotatable bonds is 10. The molecule has 1 aliphatic carbocycles. The number of nitrogens with zero attached hydrogens (tertiary/aromatic N) is 3. The number of para-hydroxylation sites is 1. The predicted molar refractivity (Wildman–Crippen MR) is 153 cm³/mol. The van der Waals surface area contributed by atoms with Crippen LogP contribution in [0.4, 0.5) is 5.69 Å². The first kappa shape index (κ1) is 32.1. The normalized spacial score (nSPS) is 40.0. The summed E-state index contributed by atoms with van der Waals surface area (Å²) >= 11 is 0. The highest BCUT2D eigenvalue weighted by Gasteiger charge is 2.83. The van der Waals surface area contributed by atoms with Crippen LogP contribution in [-0.2, 0) is 15.0 Å². The van der Waals surface area contributed by atoms with E-state index >= 15 is 0 Å². The molecule has 1 aromatic rings. The lowest BCUT2D eigenvalue weighted by Crippen LogP contribution is -2.84. The van der Waals surface area contributed by atoms with E-state index in [2.05, 4.69) is 61.9 Å². The van der Waals surface area contributed by atoms with Crippen molar-refractivity contribution in [3.05, 3.63) is 29.8 Å². The Hall–Kier alpha value is -2.32. The van der Waals surface area contributed by atoms with Crippen LogP contribution in [0, 0.1) is 17.8 Å². The van der Waals surface area contributed by atoms with Crippen molar-refractivity contribution in [3.63, 3.8) is 0 Å². The standard InChI is InChI=1S/C27H42N3O3.C4H6O6/c1-5-17-18-12-21-24-27(19-10-8-9-11-20(19)28(24)4)13-22(23(18)25(27)32)30(21,26(17)33)15-16(31)14-29(6-2)7-3;5-1(3(7)8)2(6)4(9)10/h8-11,16-18,21-26,31-33H,5-7,12-15H2,1-4H3;1-2,5-6H,(H,7,8)(H,9,10)/q+1;/p-1/t16?,17-,18-,21-,22-,23-,24-,25?,26+,27+,30?;1-,2-/m01/s1. The number of carboxylic acids is 2. The van der Waals surface area contributed by atoms with Gasteiger partial charge in [-0.25, -0.2) is 4.79 Å². The van der Waals surface area contributed by atoms with Gasteiger partial charge in [-0.15, -0.1) is 0 Å². The average molecular weight is 606 g/mol. The maximum absolute atomic E-state index is 12.1. The Morgan fingerprint density at radius 1 is 1.09 bits per heavy atom. The number of anilines is 1. The molecule has 5 heterocycles. The zero-order chi connectivity index (χ0) is 31.6. The van der Waals surface area contributed by atoms with Crippen molar-refractivity contribution in [1.29, 1.82) is 0 Å². The minimum atomic E-state index is -2.38. The summed E-state index contributed by atoms with van der Waals surface area (Å²) < 4.78 is 0.601. The molecule has 5 fully saturated rings. The lowest BCUT2D eigenvalue weighted by molar-refractivity contribution is -1.04. The number of carboxylic acid groups (broad SMARTS) is 2. The van der Waals surface area contributed by atoms with Crippen molar-refractivity contribution < 1.29 is 49.8 Å². The summed E-state index contributed by atoms with van der Waals surface area (Å²) in [6.07, 6.45) is -3.11. The van der Waals surface area contributed by atoms with Gasteiger partial charge >= 0.3 is 5.97 Å². The second-order valence-corrected chi connectivity index (χ2v) is 13.2. The number of carbonyl (C=O) groups excluding carboxylic acids is 1. The van der Waals surface area contributed by atoms with Gasteiger partial charge in [-0.3, -0.25) is 4.48 Å². The lowest BCUT2D eigenvalue weighted by atomic mass is 9.60. The summed E-state index contributed by atoms with van der Waals surface area (Å²) in [5, 5.41) is 69.6. The topological polar surface area (TPSA) is 185 Å². The summed E-state index contributed by atoms with van der Waals surface area (Å²) in [4.78, 5) is 24.1. The van der Waals surface area contributed by atoms with Gasteiger partial charge in [-0.2, -0.15) is 0 Å².